The van der Waals surface area contributed by atoms with Crippen LogP contribution in [0.15, 0.2) is 73.3 Å². The maximum atomic E-state index is 5.75. The van der Waals surface area contributed by atoms with E-state index in [4.69, 9.17) is 9.47 Å². The van der Waals surface area contributed by atoms with Gasteiger partial charge >= 0.3 is 0 Å². The maximum absolute atomic E-state index is 5.75. The first kappa shape index (κ1) is 22.4. The first-order valence-corrected chi connectivity index (χ1v) is 10.6. The van der Waals surface area contributed by atoms with Gasteiger partial charge < -0.3 is 9.47 Å². The molecule has 0 saturated heterocycles. The molecule has 0 heterocycles. The van der Waals surface area contributed by atoms with Crippen molar-refractivity contribution in [3.8, 4) is 22.6 Å². The number of rotatable bonds is 6. The highest BCUT2D eigenvalue weighted by Crippen LogP contribution is 2.41. The van der Waals surface area contributed by atoms with E-state index in [0.29, 0.717) is 5.75 Å². The van der Waals surface area contributed by atoms with Gasteiger partial charge in [0.2, 0.25) is 0 Å². The molecule has 0 aliphatic rings. The summed E-state index contributed by atoms with van der Waals surface area (Å²) < 4.78 is 11.5. The van der Waals surface area contributed by atoms with Crippen molar-refractivity contribution in [2.75, 3.05) is 14.2 Å². The van der Waals surface area contributed by atoms with Crippen molar-refractivity contribution < 1.29 is 9.47 Å². The molecule has 0 spiro atoms. The molecule has 2 heteroatoms. The van der Waals surface area contributed by atoms with Crippen molar-refractivity contribution in [2.45, 2.75) is 33.1 Å². The number of benzene rings is 3. The Hall–Kier alpha value is -3.26. The first-order valence-electron chi connectivity index (χ1n) is 10.6. The monoisotopic (exact) mass is 412 g/mol. The molecule has 0 amide bonds. The van der Waals surface area contributed by atoms with Crippen molar-refractivity contribution in [3.05, 3.63) is 95.6 Å². The van der Waals surface area contributed by atoms with Crippen LogP contribution < -0.4 is 9.47 Å². The number of aryl methyl sites for hydroxylation is 1. The number of allylic oxidation sites excluding steroid dienone is 2. The molecule has 0 unspecified atom stereocenters. The van der Waals surface area contributed by atoms with Crippen LogP contribution in [0.2, 0.25) is 0 Å². The third-order valence-electron chi connectivity index (χ3n) is 5.59. The van der Waals surface area contributed by atoms with Gasteiger partial charge in [0.05, 0.1) is 14.2 Å². The Balaban J connectivity index is 2.17. The van der Waals surface area contributed by atoms with Gasteiger partial charge in [-0.05, 0) is 63.9 Å². The summed E-state index contributed by atoms with van der Waals surface area (Å²) in [6.07, 6.45) is 4.05. The standard InChI is InChI=1S/C29H32O2/c1-8-21(17-23-12-10-9-11-20(23)2)24-18-26(28(31-7)27(19-24)30-6)22-13-15-25(16-14-22)29(3,4)5/h8-19H,1H2,2-7H3/b21-17+. The Kier molecular flexibility index (Phi) is 6.70. The number of ether oxygens (including phenoxy) is 2. The summed E-state index contributed by atoms with van der Waals surface area (Å²) in [5.41, 5.74) is 7.94. The van der Waals surface area contributed by atoms with Crippen molar-refractivity contribution in [1.29, 1.82) is 0 Å². The van der Waals surface area contributed by atoms with Crippen LogP contribution in [0.5, 0.6) is 11.5 Å². The van der Waals surface area contributed by atoms with E-state index in [2.05, 4.69) is 94.9 Å². The molecule has 160 valence electrons. The van der Waals surface area contributed by atoms with Crippen LogP contribution in [-0.4, -0.2) is 14.2 Å². The Morgan fingerprint density at radius 2 is 1.58 bits per heavy atom. The zero-order chi connectivity index (χ0) is 22.6. The lowest BCUT2D eigenvalue weighted by Crippen LogP contribution is -2.10. The van der Waals surface area contributed by atoms with E-state index >= 15 is 0 Å². The van der Waals surface area contributed by atoms with Crippen molar-refractivity contribution in [2.24, 2.45) is 0 Å². The molecule has 3 rings (SSSR count). The van der Waals surface area contributed by atoms with E-state index in [1.165, 1.54) is 16.7 Å². The SMILES string of the molecule is C=C/C(=C\c1ccccc1C)c1cc(OC)c(OC)c(-c2ccc(C(C)(C)C)cc2)c1. The van der Waals surface area contributed by atoms with Crippen LogP contribution in [0, 0.1) is 6.92 Å². The Labute approximate surface area is 186 Å². The zero-order valence-electron chi connectivity index (χ0n) is 19.5. The van der Waals surface area contributed by atoms with E-state index in [9.17, 15) is 0 Å². The predicted octanol–water partition coefficient (Wildman–Crippen LogP) is 7.70. The fourth-order valence-electron chi connectivity index (χ4n) is 3.67. The number of hydrogen-bond acceptors (Lipinski definition) is 2. The summed E-state index contributed by atoms with van der Waals surface area (Å²) >= 11 is 0. The minimum Gasteiger partial charge on any atom is -0.493 e. The quantitative estimate of drug-likeness (QED) is 0.305. The molecule has 0 N–H and O–H groups in total. The Morgan fingerprint density at radius 3 is 2.13 bits per heavy atom. The lowest BCUT2D eigenvalue weighted by Gasteiger charge is -2.20. The van der Waals surface area contributed by atoms with E-state index in [1.807, 2.05) is 12.1 Å². The average Bonchev–Trinajstić information content (AvgIpc) is 2.77. The van der Waals surface area contributed by atoms with Crippen molar-refractivity contribution >= 4 is 11.6 Å². The molecule has 3 aromatic carbocycles. The van der Waals surface area contributed by atoms with Gasteiger partial charge in [-0.15, -0.1) is 0 Å². The van der Waals surface area contributed by atoms with Crippen LogP contribution in [0.1, 0.15) is 43.0 Å². The van der Waals surface area contributed by atoms with Gasteiger partial charge in [0.15, 0.2) is 11.5 Å². The minimum atomic E-state index is 0.106. The lowest BCUT2D eigenvalue weighted by atomic mass is 9.86. The normalized spacial score (nSPS) is 11.9. The van der Waals surface area contributed by atoms with E-state index < -0.39 is 0 Å². The zero-order valence-corrected chi connectivity index (χ0v) is 19.5. The van der Waals surface area contributed by atoms with Gasteiger partial charge in [-0.1, -0.05) is 82.0 Å². The molecule has 0 aromatic heterocycles. The van der Waals surface area contributed by atoms with Crippen LogP contribution in [0.4, 0.5) is 0 Å². The molecule has 0 aliphatic heterocycles. The summed E-state index contributed by atoms with van der Waals surface area (Å²) in [5.74, 6) is 1.43. The van der Waals surface area contributed by atoms with Crippen LogP contribution >= 0.6 is 0 Å². The smallest absolute Gasteiger partial charge is 0.168 e. The summed E-state index contributed by atoms with van der Waals surface area (Å²) in [5, 5.41) is 0. The molecular weight excluding hydrogens is 380 g/mol. The highest BCUT2D eigenvalue weighted by atomic mass is 16.5. The number of methoxy groups -OCH3 is 2. The van der Waals surface area contributed by atoms with E-state index in [-0.39, 0.29) is 5.41 Å². The fraction of sp³-hybridized carbons (Fsp3) is 0.241. The van der Waals surface area contributed by atoms with Crippen molar-refractivity contribution in [1.82, 2.24) is 0 Å². The third-order valence-corrected chi connectivity index (χ3v) is 5.59. The summed E-state index contributed by atoms with van der Waals surface area (Å²) in [6.45, 7) is 12.8. The lowest BCUT2D eigenvalue weighted by molar-refractivity contribution is 0.356. The fourth-order valence-corrected chi connectivity index (χ4v) is 3.67. The highest BCUT2D eigenvalue weighted by Gasteiger charge is 2.17. The number of hydrogen-bond donors (Lipinski definition) is 0. The van der Waals surface area contributed by atoms with Gasteiger partial charge in [0, 0.05) is 5.56 Å². The Morgan fingerprint density at radius 1 is 0.903 bits per heavy atom. The van der Waals surface area contributed by atoms with Gasteiger partial charge in [-0.2, -0.15) is 0 Å². The van der Waals surface area contributed by atoms with Gasteiger partial charge in [-0.3, -0.25) is 0 Å². The summed E-state index contributed by atoms with van der Waals surface area (Å²) in [7, 11) is 3.36. The molecule has 0 bridgehead atoms. The molecule has 0 aliphatic carbocycles. The van der Waals surface area contributed by atoms with Gasteiger partial charge in [-0.25, -0.2) is 0 Å². The molecule has 2 nitrogen and oxygen atoms in total. The summed E-state index contributed by atoms with van der Waals surface area (Å²) in [4.78, 5) is 0. The minimum absolute atomic E-state index is 0.106. The molecule has 3 aromatic rings. The average molecular weight is 413 g/mol. The first-order chi connectivity index (χ1) is 14.8. The molecule has 0 atom stereocenters. The molecular formula is C29H32O2. The summed E-state index contributed by atoms with van der Waals surface area (Å²) in [6, 6.07) is 21.2. The second-order valence-corrected chi connectivity index (χ2v) is 8.75. The molecule has 0 saturated carbocycles. The highest BCUT2D eigenvalue weighted by molar-refractivity contribution is 5.91. The third kappa shape index (κ3) is 4.91. The maximum Gasteiger partial charge on any atom is 0.168 e. The Bertz CT molecular complexity index is 1100. The van der Waals surface area contributed by atoms with Crippen molar-refractivity contribution in [3.63, 3.8) is 0 Å². The molecule has 0 fully saturated rings. The predicted molar refractivity (Wildman–Crippen MR) is 133 cm³/mol. The molecule has 0 radical (unpaired) electrons. The van der Waals surface area contributed by atoms with Crippen LogP contribution in [0.25, 0.3) is 22.8 Å². The molecule has 31 heavy (non-hydrogen) atoms. The largest absolute Gasteiger partial charge is 0.493 e. The second kappa shape index (κ2) is 9.26. The van der Waals surface area contributed by atoms with Gasteiger partial charge in [0.1, 0.15) is 0 Å². The van der Waals surface area contributed by atoms with Gasteiger partial charge in [0.25, 0.3) is 0 Å². The topological polar surface area (TPSA) is 18.5 Å². The van der Waals surface area contributed by atoms with E-state index in [0.717, 1.165) is 28.0 Å². The van der Waals surface area contributed by atoms with Crippen LogP contribution in [-0.2, 0) is 5.41 Å². The van der Waals surface area contributed by atoms with E-state index in [1.54, 1.807) is 14.2 Å². The second-order valence-electron chi connectivity index (χ2n) is 8.75. The van der Waals surface area contributed by atoms with Crippen LogP contribution in [0.3, 0.4) is 0 Å².